The highest BCUT2D eigenvalue weighted by Gasteiger charge is 2.19. The van der Waals surface area contributed by atoms with Crippen LogP contribution in [0.5, 0.6) is 11.5 Å². The second kappa shape index (κ2) is 8.33. The summed E-state index contributed by atoms with van der Waals surface area (Å²) in [7, 11) is 1.64. The molecule has 0 aliphatic rings. The van der Waals surface area contributed by atoms with E-state index in [4.69, 9.17) is 9.47 Å². The summed E-state index contributed by atoms with van der Waals surface area (Å²) < 4.78 is 13.6. The zero-order valence-electron chi connectivity index (χ0n) is 17.0. The molecule has 0 spiro atoms. The highest BCUT2D eigenvalue weighted by atomic mass is 16.5. The van der Waals surface area contributed by atoms with Gasteiger partial charge < -0.3 is 19.1 Å². The first-order valence-corrected chi connectivity index (χ1v) is 9.82. The standard InChI is InChI=1S/C25H23NO4/c1-3-26-15-21(18-10-7-11-20(12-18)29-2)24-22(26)13-19(25(27)28)14-23(24)30-16-17-8-5-4-6-9-17/h4-15H,3,16H2,1-2H3,(H,27,28). The summed E-state index contributed by atoms with van der Waals surface area (Å²) in [6, 6.07) is 21.0. The Kier molecular flexibility index (Phi) is 5.44. The van der Waals surface area contributed by atoms with Crippen molar-refractivity contribution in [3.8, 4) is 22.6 Å². The number of fused-ring (bicyclic) bond motifs is 1. The third-order valence-electron chi connectivity index (χ3n) is 5.15. The Morgan fingerprint density at radius 3 is 2.53 bits per heavy atom. The molecule has 5 nitrogen and oxygen atoms in total. The van der Waals surface area contributed by atoms with Gasteiger partial charge in [-0.05, 0) is 42.3 Å². The Bertz CT molecular complexity index is 1190. The predicted molar refractivity (Wildman–Crippen MR) is 117 cm³/mol. The van der Waals surface area contributed by atoms with Gasteiger partial charge in [-0.1, -0.05) is 42.5 Å². The van der Waals surface area contributed by atoms with E-state index in [0.29, 0.717) is 18.9 Å². The van der Waals surface area contributed by atoms with Crippen LogP contribution in [0.2, 0.25) is 0 Å². The van der Waals surface area contributed by atoms with Gasteiger partial charge in [0.25, 0.3) is 0 Å². The summed E-state index contributed by atoms with van der Waals surface area (Å²) >= 11 is 0. The van der Waals surface area contributed by atoms with Gasteiger partial charge >= 0.3 is 5.97 Å². The van der Waals surface area contributed by atoms with E-state index in [9.17, 15) is 9.90 Å². The number of ether oxygens (including phenoxy) is 2. The lowest BCUT2D eigenvalue weighted by Gasteiger charge is -2.12. The second-order valence-corrected chi connectivity index (χ2v) is 7.01. The van der Waals surface area contributed by atoms with Crippen molar-refractivity contribution in [2.45, 2.75) is 20.1 Å². The molecule has 3 aromatic carbocycles. The fourth-order valence-corrected chi connectivity index (χ4v) is 3.63. The van der Waals surface area contributed by atoms with Crippen LogP contribution in [-0.2, 0) is 13.2 Å². The molecule has 4 rings (SSSR count). The largest absolute Gasteiger partial charge is 0.497 e. The highest BCUT2D eigenvalue weighted by Crippen LogP contribution is 2.39. The number of hydrogen-bond acceptors (Lipinski definition) is 3. The number of hydrogen-bond donors (Lipinski definition) is 1. The van der Waals surface area contributed by atoms with E-state index in [1.807, 2.05) is 72.3 Å². The van der Waals surface area contributed by atoms with Gasteiger partial charge in [-0.25, -0.2) is 4.79 Å². The number of carboxylic acid groups (broad SMARTS) is 1. The molecule has 30 heavy (non-hydrogen) atoms. The summed E-state index contributed by atoms with van der Waals surface area (Å²) in [4.78, 5) is 11.7. The molecule has 0 saturated carbocycles. The second-order valence-electron chi connectivity index (χ2n) is 7.01. The molecule has 0 saturated heterocycles. The number of carbonyl (C=O) groups is 1. The first kappa shape index (κ1) is 19.6. The average molecular weight is 401 g/mol. The Balaban J connectivity index is 1.90. The molecule has 0 atom stereocenters. The number of nitrogens with zero attached hydrogens (tertiary/aromatic N) is 1. The first-order valence-electron chi connectivity index (χ1n) is 9.82. The van der Waals surface area contributed by atoms with Crippen LogP contribution < -0.4 is 9.47 Å². The fraction of sp³-hybridized carbons (Fsp3) is 0.160. The molecule has 0 aliphatic carbocycles. The minimum atomic E-state index is -0.978. The molecule has 152 valence electrons. The number of aromatic carboxylic acids is 1. The lowest BCUT2D eigenvalue weighted by molar-refractivity contribution is 0.0696. The lowest BCUT2D eigenvalue weighted by atomic mass is 10.0. The summed E-state index contributed by atoms with van der Waals surface area (Å²) in [6.07, 6.45) is 2.04. The van der Waals surface area contributed by atoms with Gasteiger partial charge in [0.05, 0.1) is 18.2 Å². The fourth-order valence-electron chi connectivity index (χ4n) is 3.63. The number of rotatable bonds is 7. The maximum atomic E-state index is 11.7. The van der Waals surface area contributed by atoms with Crippen molar-refractivity contribution in [2.24, 2.45) is 0 Å². The van der Waals surface area contributed by atoms with Crippen LogP contribution in [0, 0.1) is 0 Å². The topological polar surface area (TPSA) is 60.7 Å². The number of aromatic nitrogens is 1. The molecule has 1 N–H and O–H groups in total. The van der Waals surface area contributed by atoms with Crippen molar-refractivity contribution in [3.05, 3.63) is 84.1 Å². The first-order chi connectivity index (χ1) is 14.6. The van der Waals surface area contributed by atoms with E-state index < -0.39 is 5.97 Å². The van der Waals surface area contributed by atoms with Gasteiger partial charge in [0, 0.05) is 23.7 Å². The quantitative estimate of drug-likeness (QED) is 0.437. The Labute approximate surface area is 175 Å². The molecule has 1 aromatic heterocycles. The molecule has 0 amide bonds. The van der Waals surface area contributed by atoms with Crippen molar-refractivity contribution < 1.29 is 19.4 Å². The Morgan fingerprint density at radius 1 is 1.03 bits per heavy atom. The number of aryl methyl sites for hydroxylation is 1. The van der Waals surface area contributed by atoms with Crippen molar-refractivity contribution >= 4 is 16.9 Å². The molecular formula is C25H23NO4. The molecule has 0 radical (unpaired) electrons. The smallest absolute Gasteiger partial charge is 0.335 e. The summed E-state index contributed by atoms with van der Waals surface area (Å²) in [5.41, 5.74) is 4.02. The minimum Gasteiger partial charge on any atom is -0.497 e. The van der Waals surface area contributed by atoms with Crippen molar-refractivity contribution in [1.82, 2.24) is 4.57 Å². The van der Waals surface area contributed by atoms with E-state index in [1.54, 1.807) is 19.2 Å². The van der Waals surface area contributed by atoms with E-state index in [2.05, 4.69) is 0 Å². The van der Waals surface area contributed by atoms with Crippen molar-refractivity contribution in [3.63, 3.8) is 0 Å². The maximum absolute atomic E-state index is 11.7. The number of methoxy groups -OCH3 is 1. The van der Waals surface area contributed by atoms with E-state index in [-0.39, 0.29) is 5.56 Å². The number of benzene rings is 3. The molecule has 1 heterocycles. The van der Waals surface area contributed by atoms with Gasteiger partial charge in [-0.3, -0.25) is 0 Å². The molecule has 0 bridgehead atoms. The van der Waals surface area contributed by atoms with Crippen LogP contribution in [0.15, 0.2) is 72.9 Å². The highest BCUT2D eigenvalue weighted by molar-refractivity contribution is 6.04. The van der Waals surface area contributed by atoms with Crippen LogP contribution >= 0.6 is 0 Å². The summed E-state index contributed by atoms with van der Waals surface area (Å²) in [6.45, 7) is 3.10. The SMILES string of the molecule is CCn1cc(-c2cccc(OC)c2)c2c(OCc3ccccc3)cc(C(=O)O)cc21. The predicted octanol–water partition coefficient (Wildman–Crippen LogP) is 5.61. The number of carboxylic acids is 1. The third kappa shape index (κ3) is 3.74. The minimum absolute atomic E-state index is 0.204. The summed E-state index contributed by atoms with van der Waals surface area (Å²) in [5, 5.41) is 10.5. The Morgan fingerprint density at radius 2 is 1.83 bits per heavy atom. The van der Waals surface area contributed by atoms with Crippen LogP contribution in [0.1, 0.15) is 22.8 Å². The van der Waals surface area contributed by atoms with Crippen molar-refractivity contribution in [1.29, 1.82) is 0 Å². The average Bonchev–Trinajstić information content (AvgIpc) is 3.17. The monoisotopic (exact) mass is 401 g/mol. The van der Waals surface area contributed by atoms with Crippen LogP contribution in [-0.4, -0.2) is 22.8 Å². The van der Waals surface area contributed by atoms with E-state index in [0.717, 1.165) is 33.3 Å². The lowest BCUT2D eigenvalue weighted by Crippen LogP contribution is -2.01. The zero-order chi connectivity index (χ0) is 21.1. The normalized spacial score (nSPS) is 10.9. The Hall–Kier alpha value is -3.73. The molecule has 5 heteroatoms. The molecule has 4 aromatic rings. The van der Waals surface area contributed by atoms with Gasteiger partial charge in [0.2, 0.25) is 0 Å². The maximum Gasteiger partial charge on any atom is 0.335 e. The van der Waals surface area contributed by atoms with E-state index in [1.165, 1.54) is 0 Å². The molecule has 0 unspecified atom stereocenters. The van der Waals surface area contributed by atoms with Gasteiger partial charge in [0.1, 0.15) is 18.1 Å². The van der Waals surface area contributed by atoms with Gasteiger partial charge in [-0.2, -0.15) is 0 Å². The molecule has 0 aliphatic heterocycles. The van der Waals surface area contributed by atoms with Crippen LogP contribution in [0.4, 0.5) is 0 Å². The van der Waals surface area contributed by atoms with Crippen LogP contribution in [0.3, 0.4) is 0 Å². The van der Waals surface area contributed by atoms with Gasteiger partial charge in [0.15, 0.2) is 0 Å². The summed E-state index contributed by atoms with van der Waals surface area (Å²) in [5.74, 6) is 0.339. The van der Waals surface area contributed by atoms with Crippen LogP contribution in [0.25, 0.3) is 22.0 Å². The third-order valence-corrected chi connectivity index (χ3v) is 5.15. The zero-order valence-corrected chi connectivity index (χ0v) is 17.0. The molecule has 0 fully saturated rings. The van der Waals surface area contributed by atoms with E-state index >= 15 is 0 Å². The molecular weight excluding hydrogens is 378 g/mol. The van der Waals surface area contributed by atoms with Crippen molar-refractivity contribution in [2.75, 3.05) is 7.11 Å². The van der Waals surface area contributed by atoms with Gasteiger partial charge in [-0.15, -0.1) is 0 Å².